The van der Waals surface area contributed by atoms with Crippen molar-refractivity contribution in [2.45, 2.75) is 22.0 Å². The minimum atomic E-state index is -3.26. The van der Waals surface area contributed by atoms with Crippen molar-refractivity contribution in [2.24, 2.45) is 0 Å². The number of fused-ring (bicyclic) bond motifs is 2. The molecule has 2 heterocycles. The van der Waals surface area contributed by atoms with Crippen LogP contribution in [0.3, 0.4) is 0 Å². The van der Waals surface area contributed by atoms with E-state index in [-0.39, 0.29) is 36.2 Å². The van der Waals surface area contributed by atoms with E-state index in [0.717, 1.165) is 12.5 Å². The second kappa shape index (κ2) is 9.53. The predicted molar refractivity (Wildman–Crippen MR) is 113 cm³/mol. The summed E-state index contributed by atoms with van der Waals surface area (Å²) in [6.45, 7) is 0.189. The molecular weight excluding hydrogens is 464 g/mol. The minimum absolute atomic E-state index is 0.132. The van der Waals surface area contributed by atoms with Gasteiger partial charge in [0.1, 0.15) is 13.2 Å². The number of aliphatic hydroxyl groups is 2. The lowest BCUT2D eigenvalue weighted by Gasteiger charge is -2.25. The number of hydrogen-bond acceptors (Lipinski definition) is 10. The van der Waals surface area contributed by atoms with Gasteiger partial charge in [0.05, 0.1) is 23.0 Å². The number of rotatable bonds is 4. The Kier molecular flexibility index (Phi) is 7.18. The van der Waals surface area contributed by atoms with Gasteiger partial charge in [0.2, 0.25) is 0 Å². The van der Waals surface area contributed by atoms with Crippen LogP contribution in [0, 0.1) is 0 Å². The van der Waals surface area contributed by atoms with Gasteiger partial charge in [-0.1, -0.05) is 0 Å². The molecule has 2 N–H and O–H groups in total. The van der Waals surface area contributed by atoms with Gasteiger partial charge in [0, 0.05) is 24.6 Å². The Balaban J connectivity index is 0.000000181. The average molecular weight is 489 g/mol. The first-order chi connectivity index (χ1) is 15.0. The third-order valence-electron chi connectivity index (χ3n) is 4.53. The molecule has 0 radical (unpaired) electrons. The summed E-state index contributed by atoms with van der Waals surface area (Å²) in [6.07, 6.45) is 1.43. The molecule has 0 fully saturated rings. The summed E-state index contributed by atoms with van der Waals surface area (Å²) in [5, 5.41) is 17.8. The zero-order valence-corrected chi connectivity index (χ0v) is 19.1. The van der Waals surface area contributed by atoms with Gasteiger partial charge in [0.25, 0.3) is 0 Å². The molecule has 0 saturated carbocycles. The molecule has 0 saturated heterocycles. The van der Waals surface area contributed by atoms with Gasteiger partial charge in [-0.2, -0.15) is 0 Å². The third-order valence-corrected chi connectivity index (χ3v) is 6.75. The summed E-state index contributed by atoms with van der Waals surface area (Å²) in [7, 11) is -6.50. The summed E-state index contributed by atoms with van der Waals surface area (Å²) in [5.74, 6) is 1.70. The van der Waals surface area contributed by atoms with Crippen molar-refractivity contribution in [1.82, 2.24) is 0 Å². The Morgan fingerprint density at radius 2 is 1.16 bits per heavy atom. The fourth-order valence-electron chi connectivity index (χ4n) is 2.83. The first-order valence-electron chi connectivity index (χ1n) is 9.50. The summed E-state index contributed by atoms with van der Waals surface area (Å²) >= 11 is 0. The molecular formula is C20H24O10S2. The van der Waals surface area contributed by atoms with Gasteiger partial charge in [-0.05, 0) is 24.3 Å². The second-order valence-corrected chi connectivity index (χ2v) is 11.3. The molecule has 10 nitrogen and oxygen atoms in total. The van der Waals surface area contributed by atoms with Crippen LogP contribution in [-0.4, -0.2) is 78.2 Å². The van der Waals surface area contributed by atoms with E-state index in [2.05, 4.69) is 0 Å². The predicted octanol–water partition coefficient (Wildman–Crippen LogP) is 0.444. The number of hydrogen-bond donors (Lipinski definition) is 2. The molecule has 176 valence electrons. The topological polar surface area (TPSA) is 146 Å². The normalized spacial score (nSPS) is 19.5. The van der Waals surface area contributed by atoms with Crippen LogP contribution in [0.2, 0.25) is 0 Å². The largest absolute Gasteiger partial charge is 0.486 e. The Morgan fingerprint density at radius 3 is 1.66 bits per heavy atom. The van der Waals surface area contributed by atoms with E-state index in [1.807, 2.05) is 0 Å². The van der Waals surface area contributed by atoms with Crippen molar-refractivity contribution >= 4 is 19.7 Å². The van der Waals surface area contributed by atoms with E-state index in [1.54, 1.807) is 6.07 Å². The molecule has 0 spiro atoms. The molecule has 0 amide bonds. The molecule has 0 aliphatic carbocycles. The van der Waals surface area contributed by atoms with Crippen molar-refractivity contribution in [1.29, 1.82) is 0 Å². The van der Waals surface area contributed by atoms with E-state index in [4.69, 9.17) is 29.2 Å². The Morgan fingerprint density at radius 1 is 0.719 bits per heavy atom. The van der Waals surface area contributed by atoms with Crippen molar-refractivity contribution in [3.8, 4) is 23.0 Å². The van der Waals surface area contributed by atoms with E-state index in [1.165, 1.54) is 30.3 Å². The lowest BCUT2D eigenvalue weighted by molar-refractivity contribution is 0.0453. The Bertz CT molecular complexity index is 1170. The first kappa shape index (κ1) is 24.1. The van der Waals surface area contributed by atoms with Crippen LogP contribution >= 0.6 is 0 Å². The minimum Gasteiger partial charge on any atom is -0.486 e. The Hall–Kier alpha value is -2.54. The molecule has 2 unspecified atom stereocenters. The maximum atomic E-state index is 11.3. The summed E-state index contributed by atoms with van der Waals surface area (Å²) < 4.78 is 66.6. The quantitative estimate of drug-likeness (QED) is 0.622. The molecule has 2 aromatic rings. The van der Waals surface area contributed by atoms with E-state index >= 15 is 0 Å². The van der Waals surface area contributed by atoms with Crippen LogP contribution in [0.5, 0.6) is 23.0 Å². The van der Waals surface area contributed by atoms with Gasteiger partial charge in [-0.25, -0.2) is 16.8 Å². The van der Waals surface area contributed by atoms with Crippen LogP contribution in [0.15, 0.2) is 46.2 Å². The molecule has 2 aliphatic rings. The van der Waals surface area contributed by atoms with Crippen LogP contribution < -0.4 is 18.9 Å². The molecule has 4 rings (SSSR count). The van der Waals surface area contributed by atoms with Crippen molar-refractivity contribution in [2.75, 3.05) is 38.9 Å². The third kappa shape index (κ3) is 5.82. The van der Waals surface area contributed by atoms with Crippen molar-refractivity contribution in [3.63, 3.8) is 0 Å². The number of sulfone groups is 2. The van der Waals surface area contributed by atoms with Crippen molar-refractivity contribution in [3.05, 3.63) is 36.4 Å². The molecule has 0 bridgehead atoms. The molecule has 0 aromatic heterocycles. The number of aliphatic hydroxyl groups excluding tert-OH is 2. The Labute approximate surface area is 186 Å². The standard InChI is InChI=1S/2C10H12O5S/c1-16(12,13)8-2-3-9-10(4-8)14-6-7(5-11)15-9;1-16(12,13)8-2-3-9-10(4-8)15-7(5-11)6-14-9/h2*2-4,7,11H,5-6H2,1H3. The summed E-state index contributed by atoms with van der Waals surface area (Å²) in [4.78, 5) is 0.366. The summed E-state index contributed by atoms with van der Waals surface area (Å²) in [5.41, 5.74) is 0. The fraction of sp³-hybridized carbons (Fsp3) is 0.400. The van der Waals surface area contributed by atoms with Crippen LogP contribution in [0.25, 0.3) is 0 Å². The maximum absolute atomic E-state index is 11.3. The van der Waals surface area contributed by atoms with Crippen molar-refractivity contribution < 1.29 is 46.0 Å². The van der Waals surface area contributed by atoms with Gasteiger partial charge in [-0.15, -0.1) is 0 Å². The molecule has 2 aliphatic heterocycles. The van der Waals surface area contributed by atoms with Gasteiger partial charge < -0.3 is 29.2 Å². The zero-order valence-electron chi connectivity index (χ0n) is 17.4. The highest BCUT2D eigenvalue weighted by atomic mass is 32.2. The fourth-order valence-corrected chi connectivity index (χ4v) is 4.10. The van der Waals surface area contributed by atoms with Gasteiger partial charge >= 0.3 is 0 Å². The smallest absolute Gasteiger partial charge is 0.175 e. The monoisotopic (exact) mass is 488 g/mol. The lowest BCUT2D eigenvalue weighted by Crippen LogP contribution is -2.32. The van der Waals surface area contributed by atoms with Gasteiger partial charge in [-0.3, -0.25) is 0 Å². The second-order valence-electron chi connectivity index (χ2n) is 7.23. The van der Waals surface area contributed by atoms with Crippen LogP contribution in [-0.2, 0) is 19.7 Å². The van der Waals surface area contributed by atoms with E-state index < -0.39 is 31.9 Å². The number of ether oxygens (including phenoxy) is 4. The first-order valence-corrected chi connectivity index (χ1v) is 13.3. The van der Waals surface area contributed by atoms with Crippen LogP contribution in [0.1, 0.15) is 0 Å². The highest BCUT2D eigenvalue weighted by Crippen LogP contribution is 2.34. The molecule has 2 aromatic carbocycles. The maximum Gasteiger partial charge on any atom is 0.175 e. The van der Waals surface area contributed by atoms with E-state index in [0.29, 0.717) is 23.0 Å². The highest BCUT2D eigenvalue weighted by Gasteiger charge is 2.23. The molecule has 2 atom stereocenters. The number of benzene rings is 2. The van der Waals surface area contributed by atoms with Crippen LogP contribution in [0.4, 0.5) is 0 Å². The van der Waals surface area contributed by atoms with Gasteiger partial charge in [0.15, 0.2) is 54.9 Å². The van der Waals surface area contributed by atoms with E-state index in [9.17, 15) is 16.8 Å². The lowest BCUT2D eigenvalue weighted by atomic mass is 10.2. The molecule has 12 heteroatoms. The SMILES string of the molecule is CS(=O)(=O)c1ccc2c(c1)OC(CO)CO2.CS(=O)(=O)c1ccc2c(c1)OCC(CO)O2. The summed E-state index contributed by atoms with van der Waals surface area (Å²) in [6, 6.07) is 8.85. The molecule has 32 heavy (non-hydrogen) atoms. The highest BCUT2D eigenvalue weighted by molar-refractivity contribution is 7.91. The zero-order chi connectivity index (χ0) is 23.5. The average Bonchev–Trinajstić information content (AvgIpc) is 2.76.